The Hall–Kier alpha value is -1.55. The van der Waals surface area contributed by atoms with Crippen molar-refractivity contribution in [1.82, 2.24) is 10.2 Å². The number of carbonyl (C=O) groups excluding carboxylic acids is 1. The Morgan fingerprint density at radius 2 is 2.04 bits per heavy atom. The molecule has 1 saturated heterocycles. The zero-order valence-corrected chi connectivity index (χ0v) is 17.4. The lowest BCUT2D eigenvalue weighted by molar-refractivity contribution is 0.200. The minimum atomic E-state index is -0.329. The minimum absolute atomic E-state index is 0.194. The molecule has 27 heavy (non-hydrogen) atoms. The molecule has 150 valence electrons. The number of nitrogens with zero attached hydrogens (tertiary/aromatic N) is 1. The maximum atomic E-state index is 12.1. The zero-order valence-electron chi connectivity index (χ0n) is 17.4. The predicted molar refractivity (Wildman–Crippen MR) is 111 cm³/mol. The van der Waals surface area contributed by atoms with Gasteiger partial charge < -0.3 is 10.1 Å². The summed E-state index contributed by atoms with van der Waals surface area (Å²) in [6.45, 7) is 9.91. The van der Waals surface area contributed by atoms with Crippen LogP contribution in [0.1, 0.15) is 76.8 Å². The van der Waals surface area contributed by atoms with Crippen LogP contribution in [0.25, 0.3) is 0 Å². The second kappa shape index (κ2) is 9.09. The average molecular weight is 373 g/mol. The number of hydrogen-bond acceptors (Lipinski definition) is 3. The highest BCUT2D eigenvalue weighted by Gasteiger charge is 2.49. The van der Waals surface area contributed by atoms with Gasteiger partial charge in [-0.25, -0.2) is 4.79 Å². The van der Waals surface area contributed by atoms with Gasteiger partial charge in [0.05, 0.1) is 0 Å². The van der Waals surface area contributed by atoms with Gasteiger partial charge in [0.25, 0.3) is 0 Å². The quantitative estimate of drug-likeness (QED) is 0.617. The lowest BCUT2D eigenvalue weighted by Crippen LogP contribution is -2.38. The summed E-state index contributed by atoms with van der Waals surface area (Å²) in [6, 6.07) is 6.83. The van der Waals surface area contributed by atoms with Crippen molar-refractivity contribution in [2.75, 3.05) is 19.6 Å². The standard InChI is InChI=1S/C23H36N2O2/c1-4-6-7-8-9-13-24-22(26)27-19-11-10-18-16-21-23(3,20(18)17-19)12-15-25(21)14-5-2/h10-11,17,21H,4-9,12-16H2,1-3H3,(H,24,26)/t21?,23-/m0/s1. The first-order chi connectivity index (χ1) is 13.1. The topological polar surface area (TPSA) is 41.6 Å². The van der Waals surface area contributed by atoms with Gasteiger partial charge in [-0.2, -0.15) is 0 Å². The summed E-state index contributed by atoms with van der Waals surface area (Å²) in [5.41, 5.74) is 3.00. The minimum Gasteiger partial charge on any atom is -0.410 e. The lowest BCUT2D eigenvalue weighted by Gasteiger charge is -2.29. The molecule has 1 aromatic carbocycles. The lowest BCUT2D eigenvalue weighted by atomic mass is 9.80. The van der Waals surface area contributed by atoms with E-state index in [0.717, 1.165) is 12.8 Å². The van der Waals surface area contributed by atoms with E-state index in [1.54, 1.807) is 0 Å². The molecule has 2 atom stereocenters. The van der Waals surface area contributed by atoms with Gasteiger partial charge in [-0.05, 0) is 62.0 Å². The number of fused-ring (bicyclic) bond motifs is 3. The van der Waals surface area contributed by atoms with Crippen LogP contribution >= 0.6 is 0 Å². The number of carbonyl (C=O) groups is 1. The van der Waals surface area contributed by atoms with Gasteiger partial charge in [-0.1, -0.05) is 52.5 Å². The largest absolute Gasteiger partial charge is 0.412 e. The van der Waals surface area contributed by atoms with E-state index in [4.69, 9.17) is 4.74 Å². The molecule has 0 spiro atoms. The maximum absolute atomic E-state index is 12.1. The van der Waals surface area contributed by atoms with Gasteiger partial charge in [-0.15, -0.1) is 0 Å². The van der Waals surface area contributed by atoms with E-state index in [-0.39, 0.29) is 11.5 Å². The second-order valence-electron chi connectivity index (χ2n) is 8.47. The number of likely N-dealkylation sites (tertiary alicyclic amines) is 1. The summed E-state index contributed by atoms with van der Waals surface area (Å²) in [6.07, 6.45) is 9.13. The normalized spacial score (nSPS) is 23.9. The second-order valence-corrected chi connectivity index (χ2v) is 8.47. The summed E-state index contributed by atoms with van der Waals surface area (Å²) in [5.74, 6) is 0.674. The van der Waals surface area contributed by atoms with Crippen LogP contribution in [0.3, 0.4) is 0 Å². The average Bonchev–Trinajstić information content (AvgIpc) is 3.11. The molecule has 1 aliphatic heterocycles. The van der Waals surface area contributed by atoms with E-state index in [1.165, 1.54) is 62.7 Å². The summed E-state index contributed by atoms with van der Waals surface area (Å²) in [7, 11) is 0. The van der Waals surface area contributed by atoms with E-state index in [1.807, 2.05) is 6.07 Å². The van der Waals surface area contributed by atoms with E-state index in [9.17, 15) is 4.79 Å². The fourth-order valence-electron chi connectivity index (χ4n) is 4.92. The third kappa shape index (κ3) is 4.48. The highest BCUT2D eigenvalue weighted by molar-refractivity contribution is 5.70. The highest BCUT2D eigenvalue weighted by Crippen LogP contribution is 2.48. The molecule has 0 radical (unpaired) electrons. The van der Waals surface area contributed by atoms with Gasteiger partial charge in [0.15, 0.2) is 0 Å². The Morgan fingerprint density at radius 1 is 1.22 bits per heavy atom. The number of amides is 1. The molecule has 4 nitrogen and oxygen atoms in total. The fourth-order valence-corrected chi connectivity index (χ4v) is 4.92. The van der Waals surface area contributed by atoms with Crippen molar-refractivity contribution in [2.24, 2.45) is 0 Å². The predicted octanol–water partition coefficient (Wildman–Crippen LogP) is 5.04. The molecule has 1 aliphatic carbocycles. The van der Waals surface area contributed by atoms with Crippen LogP contribution in [0, 0.1) is 0 Å². The first-order valence-electron chi connectivity index (χ1n) is 10.9. The van der Waals surface area contributed by atoms with Crippen LogP contribution in [0.5, 0.6) is 5.75 Å². The molecule has 2 aliphatic rings. The Labute approximate surface area is 164 Å². The Morgan fingerprint density at radius 3 is 2.81 bits per heavy atom. The van der Waals surface area contributed by atoms with Crippen molar-refractivity contribution >= 4 is 6.09 Å². The van der Waals surface area contributed by atoms with Crippen molar-refractivity contribution in [2.45, 2.75) is 83.6 Å². The van der Waals surface area contributed by atoms with Gasteiger partial charge in [0, 0.05) is 18.0 Å². The van der Waals surface area contributed by atoms with E-state index < -0.39 is 0 Å². The number of ether oxygens (including phenoxy) is 1. The molecule has 0 aromatic heterocycles. The molecule has 1 heterocycles. The zero-order chi connectivity index (χ0) is 19.3. The summed E-state index contributed by atoms with van der Waals surface area (Å²) < 4.78 is 5.57. The molecular weight excluding hydrogens is 336 g/mol. The monoisotopic (exact) mass is 372 g/mol. The van der Waals surface area contributed by atoms with Crippen LogP contribution in [0.2, 0.25) is 0 Å². The number of nitrogens with one attached hydrogen (secondary N) is 1. The third-order valence-electron chi connectivity index (χ3n) is 6.48. The molecule has 0 bridgehead atoms. The molecule has 4 heteroatoms. The van der Waals surface area contributed by atoms with Crippen LogP contribution < -0.4 is 10.1 Å². The highest BCUT2D eigenvalue weighted by atomic mass is 16.6. The Balaban J connectivity index is 1.55. The maximum Gasteiger partial charge on any atom is 0.412 e. The number of hydrogen-bond donors (Lipinski definition) is 1. The van der Waals surface area contributed by atoms with Crippen molar-refractivity contribution in [3.63, 3.8) is 0 Å². The molecule has 1 fully saturated rings. The van der Waals surface area contributed by atoms with Crippen LogP contribution in [0.4, 0.5) is 4.79 Å². The van der Waals surface area contributed by atoms with Gasteiger partial charge in [0.1, 0.15) is 5.75 Å². The summed E-state index contributed by atoms with van der Waals surface area (Å²) >= 11 is 0. The molecule has 1 unspecified atom stereocenters. The summed E-state index contributed by atoms with van der Waals surface area (Å²) in [5, 5.41) is 2.89. The number of rotatable bonds is 9. The summed E-state index contributed by atoms with van der Waals surface area (Å²) in [4.78, 5) is 14.7. The first kappa shape index (κ1) is 20.2. The molecule has 0 saturated carbocycles. The van der Waals surface area contributed by atoms with Crippen molar-refractivity contribution in [1.29, 1.82) is 0 Å². The third-order valence-corrected chi connectivity index (χ3v) is 6.48. The number of benzene rings is 1. The van der Waals surface area contributed by atoms with Gasteiger partial charge >= 0.3 is 6.09 Å². The molecule has 1 N–H and O–H groups in total. The SMILES string of the molecule is CCCCCCCNC(=O)Oc1ccc2c(c1)[C@]1(C)CCN(CCC)C1C2. The Bertz CT molecular complexity index is 645. The van der Waals surface area contributed by atoms with Crippen LogP contribution in [-0.4, -0.2) is 36.7 Å². The number of unbranched alkanes of at least 4 members (excludes halogenated alkanes) is 4. The smallest absolute Gasteiger partial charge is 0.410 e. The van der Waals surface area contributed by atoms with Crippen molar-refractivity contribution < 1.29 is 9.53 Å². The van der Waals surface area contributed by atoms with E-state index in [0.29, 0.717) is 18.3 Å². The van der Waals surface area contributed by atoms with Gasteiger partial charge in [0.2, 0.25) is 0 Å². The van der Waals surface area contributed by atoms with Crippen LogP contribution in [0.15, 0.2) is 18.2 Å². The fraction of sp³-hybridized carbons (Fsp3) is 0.696. The molecule has 1 aromatic rings. The molecule has 1 amide bonds. The van der Waals surface area contributed by atoms with E-state index in [2.05, 4.69) is 43.1 Å². The van der Waals surface area contributed by atoms with Gasteiger partial charge in [-0.3, -0.25) is 4.90 Å². The van der Waals surface area contributed by atoms with Crippen molar-refractivity contribution in [3.05, 3.63) is 29.3 Å². The Kier molecular flexibility index (Phi) is 6.80. The molecular formula is C23H36N2O2. The molecule has 3 rings (SSSR count). The first-order valence-corrected chi connectivity index (χ1v) is 10.9. The van der Waals surface area contributed by atoms with E-state index >= 15 is 0 Å². The van der Waals surface area contributed by atoms with Crippen molar-refractivity contribution in [3.8, 4) is 5.75 Å². The van der Waals surface area contributed by atoms with Crippen LogP contribution in [-0.2, 0) is 11.8 Å².